The van der Waals surface area contributed by atoms with Gasteiger partial charge in [0, 0.05) is 17.7 Å². The molecular formula is C16H15N3O4. The quantitative estimate of drug-likeness (QED) is 0.521. The predicted octanol–water partition coefficient (Wildman–Crippen LogP) is 2.76. The Labute approximate surface area is 132 Å². The van der Waals surface area contributed by atoms with Crippen LogP contribution in [0.3, 0.4) is 0 Å². The average molecular weight is 313 g/mol. The number of nitrogens with one attached hydrogen (secondary N) is 1. The van der Waals surface area contributed by atoms with Crippen LogP contribution in [-0.4, -0.2) is 23.7 Å². The van der Waals surface area contributed by atoms with Crippen molar-refractivity contribution in [1.82, 2.24) is 5.43 Å². The summed E-state index contributed by atoms with van der Waals surface area (Å²) in [4.78, 5) is 22.2. The number of nitrogens with zero attached hydrogens (tertiary/aromatic N) is 2. The van der Waals surface area contributed by atoms with Gasteiger partial charge in [0.1, 0.15) is 5.75 Å². The van der Waals surface area contributed by atoms with Gasteiger partial charge >= 0.3 is 0 Å². The summed E-state index contributed by atoms with van der Waals surface area (Å²) in [6, 6.07) is 12.7. The number of ether oxygens (including phenoxy) is 1. The maximum absolute atomic E-state index is 12.0. The fraction of sp³-hybridized carbons (Fsp3) is 0.125. The maximum Gasteiger partial charge on any atom is 0.271 e. The smallest absolute Gasteiger partial charge is 0.271 e. The lowest BCUT2D eigenvalue weighted by Crippen LogP contribution is -2.19. The molecule has 1 N–H and O–H groups in total. The van der Waals surface area contributed by atoms with Gasteiger partial charge in [-0.1, -0.05) is 6.07 Å². The summed E-state index contributed by atoms with van der Waals surface area (Å²) in [7, 11) is 1.58. The van der Waals surface area contributed by atoms with E-state index in [-0.39, 0.29) is 11.3 Å². The zero-order valence-electron chi connectivity index (χ0n) is 12.6. The molecule has 1 amide bonds. The molecule has 0 saturated heterocycles. The first kappa shape index (κ1) is 16.2. The van der Waals surface area contributed by atoms with Crippen molar-refractivity contribution < 1.29 is 14.5 Å². The predicted molar refractivity (Wildman–Crippen MR) is 85.8 cm³/mol. The Morgan fingerprint density at radius 1 is 1.17 bits per heavy atom. The Balaban J connectivity index is 2.10. The van der Waals surface area contributed by atoms with Gasteiger partial charge in [0.05, 0.1) is 17.7 Å². The van der Waals surface area contributed by atoms with Crippen LogP contribution in [0.15, 0.2) is 53.6 Å². The topological polar surface area (TPSA) is 93.8 Å². The molecule has 7 heteroatoms. The normalized spacial score (nSPS) is 11.0. The summed E-state index contributed by atoms with van der Waals surface area (Å²) < 4.78 is 5.07. The molecule has 0 aliphatic heterocycles. The second kappa shape index (κ2) is 7.17. The Morgan fingerprint density at radius 3 is 2.48 bits per heavy atom. The van der Waals surface area contributed by atoms with E-state index in [1.807, 2.05) is 12.1 Å². The molecule has 0 radical (unpaired) electrons. The summed E-state index contributed by atoms with van der Waals surface area (Å²) in [5, 5.41) is 14.7. The number of hydrogen-bond donors (Lipinski definition) is 1. The van der Waals surface area contributed by atoms with Crippen LogP contribution in [0.25, 0.3) is 0 Å². The first-order valence-corrected chi connectivity index (χ1v) is 6.75. The lowest BCUT2D eigenvalue weighted by Gasteiger charge is -2.04. The number of carbonyl (C=O) groups is 1. The second-order valence-electron chi connectivity index (χ2n) is 4.67. The van der Waals surface area contributed by atoms with E-state index >= 15 is 0 Å². The first-order valence-electron chi connectivity index (χ1n) is 6.75. The number of methoxy groups -OCH3 is 1. The van der Waals surface area contributed by atoms with Crippen molar-refractivity contribution in [2.45, 2.75) is 6.92 Å². The molecule has 0 bridgehead atoms. The molecule has 2 aromatic rings. The molecule has 7 nitrogen and oxygen atoms in total. The molecular weight excluding hydrogens is 298 g/mol. The van der Waals surface area contributed by atoms with E-state index in [2.05, 4.69) is 10.5 Å². The van der Waals surface area contributed by atoms with Crippen molar-refractivity contribution in [3.8, 4) is 5.75 Å². The number of amides is 1. The zero-order valence-corrected chi connectivity index (χ0v) is 12.6. The molecule has 0 unspecified atom stereocenters. The number of non-ortho nitro benzene ring substituents is 1. The van der Waals surface area contributed by atoms with Crippen LogP contribution < -0.4 is 10.2 Å². The minimum Gasteiger partial charge on any atom is -0.497 e. The Hall–Kier alpha value is -3.22. The molecule has 118 valence electrons. The number of nitro benzene ring substituents is 1. The molecule has 0 heterocycles. The summed E-state index contributed by atoms with van der Waals surface area (Å²) in [6.45, 7) is 1.75. The van der Waals surface area contributed by atoms with Crippen LogP contribution in [-0.2, 0) is 0 Å². The molecule has 2 aromatic carbocycles. The van der Waals surface area contributed by atoms with Crippen molar-refractivity contribution in [3.63, 3.8) is 0 Å². The first-order chi connectivity index (χ1) is 11.0. The van der Waals surface area contributed by atoms with E-state index in [1.54, 1.807) is 26.2 Å². The molecule has 2 rings (SSSR count). The van der Waals surface area contributed by atoms with Gasteiger partial charge in [-0.2, -0.15) is 5.10 Å². The van der Waals surface area contributed by atoms with E-state index in [9.17, 15) is 14.9 Å². The minimum absolute atomic E-state index is 0.145. The summed E-state index contributed by atoms with van der Waals surface area (Å²) >= 11 is 0. The van der Waals surface area contributed by atoms with Crippen molar-refractivity contribution in [3.05, 3.63) is 69.8 Å². The van der Waals surface area contributed by atoms with Crippen molar-refractivity contribution in [2.24, 2.45) is 5.10 Å². The van der Waals surface area contributed by atoms with E-state index in [0.717, 1.165) is 11.3 Å². The fourth-order valence-corrected chi connectivity index (χ4v) is 1.86. The number of nitro groups is 1. The molecule has 0 atom stereocenters. The molecule has 0 saturated carbocycles. The molecule has 0 aliphatic rings. The van der Waals surface area contributed by atoms with Gasteiger partial charge in [-0.25, -0.2) is 5.43 Å². The third-order valence-electron chi connectivity index (χ3n) is 3.15. The standard InChI is InChI=1S/C16H15N3O4/c1-11(12-6-8-15(23-2)9-7-12)17-18-16(20)13-4-3-5-14(10-13)19(21)22/h3-10H,1-2H3,(H,18,20). The SMILES string of the molecule is COc1ccc(C(C)=NNC(=O)c2cccc([N+](=O)[O-])c2)cc1. The van der Waals surface area contributed by atoms with Crippen LogP contribution in [0, 0.1) is 10.1 Å². The highest BCUT2D eigenvalue weighted by molar-refractivity contribution is 6.01. The highest BCUT2D eigenvalue weighted by atomic mass is 16.6. The lowest BCUT2D eigenvalue weighted by atomic mass is 10.1. The Morgan fingerprint density at radius 2 is 1.87 bits per heavy atom. The lowest BCUT2D eigenvalue weighted by molar-refractivity contribution is -0.384. The largest absolute Gasteiger partial charge is 0.497 e. The highest BCUT2D eigenvalue weighted by Crippen LogP contribution is 2.13. The summed E-state index contributed by atoms with van der Waals surface area (Å²) in [5.41, 5.74) is 3.84. The molecule has 0 fully saturated rings. The van der Waals surface area contributed by atoms with E-state index < -0.39 is 10.8 Å². The van der Waals surface area contributed by atoms with Gasteiger partial charge in [0.15, 0.2) is 0 Å². The van der Waals surface area contributed by atoms with E-state index in [1.165, 1.54) is 24.3 Å². The molecule has 0 aliphatic carbocycles. The van der Waals surface area contributed by atoms with Crippen LogP contribution in [0.4, 0.5) is 5.69 Å². The minimum atomic E-state index is -0.553. The maximum atomic E-state index is 12.0. The average Bonchev–Trinajstić information content (AvgIpc) is 2.59. The number of benzene rings is 2. The fourth-order valence-electron chi connectivity index (χ4n) is 1.86. The monoisotopic (exact) mass is 313 g/mol. The van der Waals surface area contributed by atoms with E-state index in [0.29, 0.717) is 5.71 Å². The van der Waals surface area contributed by atoms with Crippen LogP contribution in [0.1, 0.15) is 22.8 Å². The summed E-state index contributed by atoms with van der Waals surface area (Å²) in [6.07, 6.45) is 0. The van der Waals surface area contributed by atoms with Crippen molar-refractivity contribution in [1.29, 1.82) is 0 Å². The van der Waals surface area contributed by atoms with Crippen molar-refractivity contribution in [2.75, 3.05) is 7.11 Å². The summed E-state index contributed by atoms with van der Waals surface area (Å²) in [5.74, 6) is 0.212. The highest BCUT2D eigenvalue weighted by Gasteiger charge is 2.11. The van der Waals surface area contributed by atoms with Crippen LogP contribution in [0.2, 0.25) is 0 Å². The Bertz CT molecular complexity index is 754. The zero-order chi connectivity index (χ0) is 16.8. The number of carbonyl (C=O) groups excluding carboxylic acids is 1. The van der Waals surface area contributed by atoms with Gasteiger partial charge in [-0.05, 0) is 42.8 Å². The number of hydrazone groups is 1. The van der Waals surface area contributed by atoms with E-state index in [4.69, 9.17) is 4.74 Å². The van der Waals surface area contributed by atoms with Gasteiger partial charge < -0.3 is 4.74 Å². The number of rotatable bonds is 5. The molecule has 23 heavy (non-hydrogen) atoms. The van der Waals surface area contributed by atoms with Gasteiger partial charge in [-0.3, -0.25) is 14.9 Å². The van der Waals surface area contributed by atoms with Gasteiger partial charge in [0.25, 0.3) is 11.6 Å². The third-order valence-corrected chi connectivity index (χ3v) is 3.15. The Kier molecular flexibility index (Phi) is 5.03. The van der Waals surface area contributed by atoms with Gasteiger partial charge in [-0.15, -0.1) is 0 Å². The van der Waals surface area contributed by atoms with Crippen molar-refractivity contribution >= 4 is 17.3 Å². The van der Waals surface area contributed by atoms with Gasteiger partial charge in [0.2, 0.25) is 0 Å². The second-order valence-corrected chi connectivity index (χ2v) is 4.67. The van der Waals surface area contributed by atoms with Crippen LogP contribution in [0.5, 0.6) is 5.75 Å². The number of hydrogen-bond acceptors (Lipinski definition) is 5. The third kappa shape index (κ3) is 4.13. The van der Waals surface area contributed by atoms with Crippen LogP contribution >= 0.6 is 0 Å². The molecule has 0 aromatic heterocycles. The molecule has 0 spiro atoms.